The molecule has 0 rings (SSSR count). The van der Waals surface area contributed by atoms with Crippen LogP contribution in [0.5, 0.6) is 0 Å². The predicted molar refractivity (Wildman–Crippen MR) is 77.4 cm³/mol. The predicted octanol–water partition coefficient (Wildman–Crippen LogP) is 1.73. The number of hydrogen-bond donors (Lipinski definition) is 1. The van der Waals surface area contributed by atoms with E-state index in [1.165, 1.54) is 0 Å². The molecule has 0 saturated carbocycles. The quantitative estimate of drug-likeness (QED) is 0.551. The number of carbonyl (C=O) groups is 1. The Bertz CT molecular complexity index is 212. The SMILES string of the molecule is CCSC(C)C(=O)COCCOCCNC(C)C. The molecule has 0 heterocycles. The van der Waals surface area contributed by atoms with Crippen LogP contribution in [0.1, 0.15) is 27.7 Å². The molecule has 1 N–H and O–H groups in total. The Morgan fingerprint density at radius 1 is 1.17 bits per heavy atom. The highest BCUT2D eigenvalue weighted by Crippen LogP contribution is 2.10. The van der Waals surface area contributed by atoms with Gasteiger partial charge in [-0.25, -0.2) is 0 Å². The molecule has 0 amide bonds. The smallest absolute Gasteiger partial charge is 0.171 e. The summed E-state index contributed by atoms with van der Waals surface area (Å²) in [4.78, 5) is 11.5. The Labute approximate surface area is 115 Å². The van der Waals surface area contributed by atoms with E-state index in [1.54, 1.807) is 11.8 Å². The van der Waals surface area contributed by atoms with E-state index in [-0.39, 0.29) is 17.6 Å². The van der Waals surface area contributed by atoms with Crippen LogP contribution in [-0.2, 0) is 14.3 Å². The fourth-order valence-corrected chi connectivity index (χ4v) is 2.03. The fraction of sp³-hybridized carbons (Fsp3) is 0.923. The maximum Gasteiger partial charge on any atom is 0.171 e. The minimum absolute atomic E-state index is 0.0335. The van der Waals surface area contributed by atoms with Gasteiger partial charge in [0.1, 0.15) is 6.61 Å². The average molecular weight is 277 g/mol. The summed E-state index contributed by atoms with van der Waals surface area (Å²) < 4.78 is 10.7. The molecule has 1 unspecified atom stereocenters. The van der Waals surface area contributed by atoms with E-state index in [1.807, 2.05) is 13.8 Å². The van der Waals surface area contributed by atoms with Crippen molar-refractivity contribution in [3.8, 4) is 0 Å². The lowest BCUT2D eigenvalue weighted by Crippen LogP contribution is -2.27. The van der Waals surface area contributed by atoms with Crippen LogP contribution in [0.4, 0.5) is 0 Å². The summed E-state index contributed by atoms with van der Waals surface area (Å²) in [7, 11) is 0. The molecule has 0 fully saturated rings. The second-order valence-corrected chi connectivity index (χ2v) is 5.96. The molecule has 18 heavy (non-hydrogen) atoms. The zero-order valence-electron chi connectivity index (χ0n) is 12.0. The van der Waals surface area contributed by atoms with Gasteiger partial charge in [-0.05, 0) is 12.7 Å². The summed E-state index contributed by atoms with van der Waals surface area (Å²) in [6.45, 7) is 10.9. The van der Waals surface area contributed by atoms with E-state index in [0.29, 0.717) is 25.9 Å². The van der Waals surface area contributed by atoms with Crippen molar-refractivity contribution in [1.82, 2.24) is 5.32 Å². The van der Waals surface area contributed by atoms with Gasteiger partial charge in [0.2, 0.25) is 0 Å². The van der Waals surface area contributed by atoms with Crippen molar-refractivity contribution < 1.29 is 14.3 Å². The topological polar surface area (TPSA) is 47.6 Å². The summed E-state index contributed by atoms with van der Waals surface area (Å²) in [5, 5.41) is 3.29. The van der Waals surface area contributed by atoms with Crippen LogP contribution in [0.2, 0.25) is 0 Å². The Morgan fingerprint density at radius 2 is 1.83 bits per heavy atom. The van der Waals surface area contributed by atoms with Crippen molar-refractivity contribution in [2.45, 2.75) is 39.0 Å². The first-order chi connectivity index (χ1) is 8.57. The summed E-state index contributed by atoms with van der Waals surface area (Å²) in [6, 6.07) is 0.486. The lowest BCUT2D eigenvalue weighted by molar-refractivity contribution is -0.123. The molecule has 0 aliphatic rings. The van der Waals surface area contributed by atoms with E-state index in [0.717, 1.165) is 12.3 Å². The van der Waals surface area contributed by atoms with E-state index in [2.05, 4.69) is 19.2 Å². The van der Waals surface area contributed by atoms with Gasteiger partial charge < -0.3 is 14.8 Å². The van der Waals surface area contributed by atoms with Crippen molar-refractivity contribution in [1.29, 1.82) is 0 Å². The van der Waals surface area contributed by atoms with Crippen molar-refractivity contribution in [2.75, 3.05) is 38.7 Å². The van der Waals surface area contributed by atoms with Gasteiger partial charge in [0, 0.05) is 12.6 Å². The first kappa shape index (κ1) is 17.9. The highest BCUT2D eigenvalue weighted by molar-refractivity contribution is 8.00. The van der Waals surface area contributed by atoms with Crippen LogP contribution in [0.15, 0.2) is 0 Å². The highest BCUT2D eigenvalue weighted by atomic mass is 32.2. The zero-order chi connectivity index (χ0) is 13.8. The van der Waals surface area contributed by atoms with E-state index >= 15 is 0 Å². The monoisotopic (exact) mass is 277 g/mol. The van der Waals surface area contributed by atoms with Crippen molar-refractivity contribution >= 4 is 17.5 Å². The van der Waals surface area contributed by atoms with Crippen LogP contribution < -0.4 is 5.32 Å². The molecule has 1 atom stereocenters. The average Bonchev–Trinajstić information content (AvgIpc) is 2.32. The molecule has 0 aliphatic carbocycles. The van der Waals surface area contributed by atoms with Crippen LogP contribution in [0, 0.1) is 0 Å². The maximum absolute atomic E-state index is 11.5. The van der Waals surface area contributed by atoms with Crippen molar-refractivity contribution in [3.05, 3.63) is 0 Å². The standard InChI is InChI=1S/C13H27NO3S/c1-5-18-12(4)13(15)10-17-9-8-16-7-6-14-11(2)3/h11-12,14H,5-10H2,1-4H3. The first-order valence-corrected chi connectivity index (χ1v) is 7.66. The largest absolute Gasteiger partial charge is 0.378 e. The van der Waals surface area contributed by atoms with Gasteiger partial charge in [-0.3, -0.25) is 4.79 Å². The van der Waals surface area contributed by atoms with Crippen LogP contribution in [0.3, 0.4) is 0 Å². The van der Waals surface area contributed by atoms with E-state index in [9.17, 15) is 4.79 Å². The number of carbonyl (C=O) groups excluding carboxylic acids is 1. The molecule has 4 nitrogen and oxygen atoms in total. The fourth-order valence-electron chi connectivity index (χ4n) is 1.27. The lowest BCUT2D eigenvalue weighted by atomic mass is 10.3. The highest BCUT2D eigenvalue weighted by Gasteiger charge is 2.11. The molecule has 0 aromatic heterocycles. The zero-order valence-corrected chi connectivity index (χ0v) is 12.8. The summed E-state index contributed by atoms with van der Waals surface area (Å²) >= 11 is 1.65. The Kier molecular flexibility index (Phi) is 11.9. The summed E-state index contributed by atoms with van der Waals surface area (Å²) in [5.41, 5.74) is 0. The van der Waals surface area contributed by atoms with E-state index in [4.69, 9.17) is 9.47 Å². The summed E-state index contributed by atoms with van der Waals surface area (Å²) in [6.07, 6.45) is 0. The third kappa shape index (κ3) is 11.0. The number of ketones is 1. The normalized spacial score (nSPS) is 12.9. The lowest BCUT2D eigenvalue weighted by Gasteiger charge is -2.10. The number of ether oxygens (including phenoxy) is 2. The molecule has 108 valence electrons. The molecule has 0 aromatic carbocycles. The van der Waals surface area contributed by atoms with Gasteiger partial charge in [0.25, 0.3) is 0 Å². The minimum atomic E-state index is 0.0335. The van der Waals surface area contributed by atoms with Gasteiger partial charge in [-0.2, -0.15) is 11.8 Å². The van der Waals surface area contributed by atoms with Crippen LogP contribution in [-0.4, -0.2) is 55.8 Å². The molecule has 0 radical (unpaired) electrons. The van der Waals surface area contributed by atoms with Crippen LogP contribution >= 0.6 is 11.8 Å². The third-order valence-corrected chi connectivity index (χ3v) is 3.38. The molecular formula is C13H27NO3S. The Balaban J connectivity index is 3.27. The molecule has 0 aromatic rings. The molecular weight excluding hydrogens is 250 g/mol. The molecule has 0 spiro atoms. The minimum Gasteiger partial charge on any atom is -0.378 e. The molecule has 0 saturated heterocycles. The number of rotatable bonds is 12. The van der Waals surface area contributed by atoms with Gasteiger partial charge in [-0.1, -0.05) is 20.8 Å². The molecule has 5 heteroatoms. The third-order valence-electron chi connectivity index (χ3n) is 2.29. The number of nitrogens with one attached hydrogen (secondary N) is 1. The van der Waals surface area contributed by atoms with Crippen LogP contribution in [0.25, 0.3) is 0 Å². The number of hydrogen-bond acceptors (Lipinski definition) is 5. The van der Waals surface area contributed by atoms with Gasteiger partial charge in [-0.15, -0.1) is 0 Å². The molecule has 0 bridgehead atoms. The Hall–Kier alpha value is -0.100. The van der Waals surface area contributed by atoms with Gasteiger partial charge in [0.05, 0.1) is 25.1 Å². The molecule has 0 aliphatic heterocycles. The summed E-state index contributed by atoms with van der Waals surface area (Å²) in [5.74, 6) is 1.11. The second kappa shape index (κ2) is 12.0. The van der Waals surface area contributed by atoms with E-state index < -0.39 is 0 Å². The number of thioether (sulfide) groups is 1. The maximum atomic E-state index is 11.5. The van der Waals surface area contributed by atoms with Gasteiger partial charge in [0.15, 0.2) is 5.78 Å². The van der Waals surface area contributed by atoms with Gasteiger partial charge >= 0.3 is 0 Å². The Morgan fingerprint density at radius 3 is 2.44 bits per heavy atom. The van der Waals surface area contributed by atoms with Crippen molar-refractivity contribution in [2.24, 2.45) is 0 Å². The number of Topliss-reactive ketones (excluding diaryl/α,β-unsaturated/α-hetero) is 1. The first-order valence-electron chi connectivity index (χ1n) is 6.61. The van der Waals surface area contributed by atoms with Crippen molar-refractivity contribution in [3.63, 3.8) is 0 Å². The second-order valence-electron chi connectivity index (χ2n) is 4.34.